The lowest BCUT2D eigenvalue weighted by atomic mass is 10.0. The molecule has 0 radical (unpaired) electrons. The third-order valence-electron chi connectivity index (χ3n) is 2.79. The van der Waals surface area contributed by atoms with Gasteiger partial charge in [-0.1, -0.05) is 54.1 Å². The molecule has 0 N–H and O–H groups in total. The first-order valence-electron chi connectivity index (χ1n) is 6.06. The highest BCUT2D eigenvalue weighted by Crippen LogP contribution is 2.20. The maximum atomic E-state index is 12.0. The lowest BCUT2D eigenvalue weighted by Gasteiger charge is -2.10. The van der Waals surface area contributed by atoms with Gasteiger partial charge >= 0.3 is 5.97 Å². The summed E-state index contributed by atoms with van der Waals surface area (Å²) in [6, 6.07) is 17.9. The molecule has 2 rings (SSSR count). The van der Waals surface area contributed by atoms with Crippen LogP contribution in [0.25, 0.3) is 0 Å². The maximum Gasteiger partial charge on any atom is 0.328 e. The Labute approximate surface area is 122 Å². The standard InChI is InChI=1S/C16H12ClNO2/c17-14-8-6-13(7-9-14)15(10-18)16(19)20-11-12-4-2-1-3-5-12/h1-9,15H,11H2. The largest absolute Gasteiger partial charge is 0.460 e. The molecule has 1 unspecified atom stereocenters. The molecule has 1 atom stereocenters. The second-order valence-corrected chi connectivity index (χ2v) is 4.64. The van der Waals surface area contributed by atoms with Crippen molar-refractivity contribution in [3.8, 4) is 6.07 Å². The molecule has 0 bridgehead atoms. The minimum Gasteiger partial charge on any atom is -0.460 e. The van der Waals surface area contributed by atoms with E-state index in [1.165, 1.54) is 0 Å². The number of hydrogen-bond donors (Lipinski definition) is 0. The molecule has 0 saturated carbocycles. The van der Waals surface area contributed by atoms with E-state index < -0.39 is 11.9 Å². The maximum absolute atomic E-state index is 12.0. The summed E-state index contributed by atoms with van der Waals surface area (Å²) in [6.45, 7) is 0.158. The zero-order valence-corrected chi connectivity index (χ0v) is 11.4. The first kappa shape index (κ1) is 14.1. The normalized spacial score (nSPS) is 11.4. The number of carbonyl (C=O) groups is 1. The molecule has 0 saturated heterocycles. The summed E-state index contributed by atoms with van der Waals surface area (Å²) >= 11 is 5.78. The highest BCUT2D eigenvalue weighted by Gasteiger charge is 2.21. The van der Waals surface area contributed by atoms with E-state index in [0.717, 1.165) is 5.56 Å². The van der Waals surface area contributed by atoms with Crippen LogP contribution >= 0.6 is 11.6 Å². The van der Waals surface area contributed by atoms with Crippen LogP contribution in [0.5, 0.6) is 0 Å². The molecule has 0 aliphatic carbocycles. The fraction of sp³-hybridized carbons (Fsp3) is 0.125. The van der Waals surface area contributed by atoms with E-state index in [4.69, 9.17) is 21.6 Å². The summed E-state index contributed by atoms with van der Waals surface area (Å²) in [6.07, 6.45) is 0. The number of nitriles is 1. The van der Waals surface area contributed by atoms with Crippen LogP contribution in [0.4, 0.5) is 0 Å². The minimum absolute atomic E-state index is 0.158. The SMILES string of the molecule is N#CC(C(=O)OCc1ccccc1)c1ccc(Cl)cc1. The molecule has 2 aromatic rings. The van der Waals surface area contributed by atoms with Crippen molar-refractivity contribution in [3.05, 3.63) is 70.7 Å². The molecule has 100 valence electrons. The zero-order chi connectivity index (χ0) is 14.4. The average Bonchev–Trinajstić information content (AvgIpc) is 2.49. The smallest absolute Gasteiger partial charge is 0.328 e. The predicted octanol–water partition coefficient (Wildman–Crippen LogP) is 3.69. The highest BCUT2D eigenvalue weighted by molar-refractivity contribution is 6.30. The Morgan fingerprint density at radius 1 is 1.15 bits per heavy atom. The van der Waals surface area contributed by atoms with Gasteiger partial charge in [0.25, 0.3) is 0 Å². The third kappa shape index (κ3) is 3.59. The van der Waals surface area contributed by atoms with E-state index in [1.54, 1.807) is 24.3 Å². The molecule has 3 nitrogen and oxygen atoms in total. The number of esters is 1. The molecule has 2 aromatic carbocycles. The van der Waals surface area contributed by atoms with E-state index in [1.807, 2.05) is 36.4 Å². The Bertz CT molecular complexity index is 617. The molecule has 0 spiro atoms. The van der Waals surface area contributed by atoms with Gasteiger partial charge in [0, 0.05) is 5.02 Å². The van der Waals surface area contributed by atoms with Gasteiger partial charge in [0.05, 0.1) is 6.07 Å². The van der Waals surface area contributed by atoms with Gasteiger partial charge in [-0.25, -0.2) is 0 Å². The molecule has 0 aromatic heterocycles. The molecule has 0 aliphatic heterocycles. The van der Waals surface area contributed by atoms with Crippen LogP contribution in [-0.4, -0.2) is 5.97 Å². The van der Waals surface area contributed by atoms with Crippen molar-refractivity contribution in [2.24, 2.45) is 0 Å². The first-order valence-corrected chi connectivity index (χ1v) is 6.44. The monoisotopic (exact) mass is 285 g/mol. The number of benzene rings is 2. The van der Waals surface area contributed by atoms with Gasteiger partial charge in [-0.05, 0) is 23.3 Å². The van der Waals surface area contributed by atoms with Gasteiger partial charge in [0.2, 0.25) is 0 Å². The van der Waals surface area contributed by atoms with Gasteiger partial charge in [-0.3, -0.25) is 4.79 Å². The molecule has 0 amide bonds. The van der Waals surface area contributed by atoms with Crippen LogP contribution in [0.2, 0.25) is 5.02 Å². The number of nitrogens with zero attached hydrogens (tertiary/aromatic N) is 1. The van der Waals surface area contributed by atoms with Crippen molar-refractivity contribution < 1.29 is 9.53 Å². The summed E-state index contributed by atoms with van der Waals surface area (Å²) in [4.78, 5) is 12.0. The second-order valence-electron chi connectivity index (χ2n) is 4.21. The van der Waals surface area contributed by atoms with E-state index in [0.29, 0.717) is 10.6 Å². The van der Waals surface area contributed by atoms with Crippen molar-refractivity contribution >= 4 is 17.6 Å². The number of hydrogen-bond acceptors (Lipinski definition) is 3. The molecule has 4 heteroatoms. The molecular weight excluding hydrogens is 274 g/mol. The van der Waals surface area contributed by atoms with Crippen LogP contribution in [0.3, 0.4) is 0 Å². The number of ether oxygens (including phenoxy) is 1. The fourth-order valence-corrected chi connectivity index (χ4v) is 1.86. The molecular formula is C16H12ClNO2. The van der Waals surface area contributed by atoms with E-state index in [-0.39, 0.29) is 6.61 Å². The fourth-order valence-electron chi connectivity index (χ4n) is 1.73. The van der Waals surface area contributed by atoms with Crippen molar-refractivity contribution in [1.29, 1.82) is 5.26 Å². The Balaban J connectivity index is 2.03. The Morgan fingerprint density at radius 2 is 1.80 bits per heavy atom. The van der Waals surface area contributed by atoms with Crippen LogP contribution in [0.1, 0.15) is 17.0 Å². The van der Waals surface area contributed by atoms with E-state index in [9.17, 15) is 4.79 Å². The Morgan fingerprint density at radius 3 is 2.40 bits per heavy atom. The van der Waals surface area contributed by atoms with Crippen molar-refractivity contribution in [2.45, 2.75) is 12.5 Å². The lowest BCUT2D eigenvalue weighted by molar-refractivity contribution is -0.145. The molecule has 0 heterocycles. The van der Waals surface area contributed by atoms with Crippen LogP contribution in [-0.2, 0) is 16.1 Å². The summed E-state index contributed by atoms with van der Waals surface area (Å²) in [7, 11) is 0. The predicted molar refractivity (Wildman–Crippen MR) is 76.0 cm³/mol. The molecule has 0 aliphatic rings. The third-order valence-corrected chi connectivity index (χ3v) is 3.04. The Kier molecular flexibility index (Phi) is 4.75. The van der Waals surface area contributed by atoms with Crippen molar-refractivity contribution in [1.82, 2.24) is 0 Å². The van der Waals surface area contributed by atoms with Crippen molar-refractivity contribution in [2.75, 3.05) is 0 Å². The molecule has 20 heavy (non-hydrogen) atoms. The quantitative estimate of drug-likeness (QED) is 0.805. The van der Waals surface area contributed by atoms with Gasteiger partial charge < -0.3 is 4.74 Å². The summed E-state index contributed by atoms with van der Waals surface area (Å²) < 4.78 is 5.17. The zero-order valence-electron chi connectivity index (χ0n) is 10.6. The topological polar surface area (TPSA) is 50.1 Å². The number of halogens is 1. The summed E-state index contributed by atoms with van der Waals surface area (Å²) in [5.41, 5.74) is 1.46. The Hall–Kier alpha value is -2.31. The summed E-state index contributed by atoms with van der Waals surface area (Å²) in [5.74, 6) is -1.49. The molecule has 0 fully saturated rings. The highest BCUT2D eigenvalue weighted by atomic mass is 35.5. The van der Waals surface area contributed by atoms with Gasteiger partial charge in [0.1, 0.15) is 6.61 Å². The van der Waals surface area contributed by atoms with E-state index >= 15 is 0 Å². The lowest BCUT2D eigenvalue weighted by Crippen LogP contribution is -2.14. The van der Waals surface area contributed by atoms with Gasteiger partial charge in [-0.15, -0.1) is 0 Å². The van der Waals surface area contributed by atoms with Crippen molar-refractivity contribution in [3.63, 3.8) is 0 Å². The minimum atomic E-state index is -0.934. The van der Waals surface area contributed by atoms with Crippen LogP contribution < -0.4 is 0 Å². The summed E-state index contributed by atoms with van der Waals surface area (Å²) in [5, 5.41) is 9.69. The number of rotatable bonds is 4. The second kappa shape index (κ2) is 6.74. The van der Waals surface area contributed by atoms with Gasteiger partial charge in [0.15, 0.2) is 5.92 Å². The van der Waals surface area contributed by atoms with Crippen LogP contribution in [0, 0.1) is 11.3 Å². The van der Waals surface area contributed by atoms with Gasteiger partial charge in [-0.2, -0.15) is 5.26 Å². The average molecular weight is 286 g/mol. The van der Waals surface area contributed by atoms with Crippen LogP contribution in [0.15, 0.2) is 54.6 Å². The first-order chi connectivity index (χ1) is 9.70. The van der Waals surface area contributed by atoms with E-state index in [2.05, 4.69) is 0 Å². The number of carbonyl (C=O) groups excluding carboxylic acids is 1.